The van der Waals surface area contributed by atoms with Crippen LogP contribution in [0.5, 0.6) is 0 Å². The first-order valence-corrected chi connectivity index (χ1v) is 7.33. The molecule has 2 aromatic rings. The fourth-order valence-electron chi connectivity index (χ4n) is 1.56. The van der Waals surface area contributed by atoms with Gasteiger partial charge in [0.05, 0.1) is 11.2 Å². The number of nitrogens with zero attached hydrogens (tertiary/aromatic N) is 1. The zero-order valence-corrected chi connectivity index (χ0v) is 13.3. The van der Waals surface area contributed by atoms with Gasteiger partial charge in [0, 0.05) is 10.0 Å². The Morgan fingerprint density at radius 1 is 1.10 bits per heavy atom. The van der Waals surface area contributed by atoms with Gasteiger partial charge in [0.15, 0.2) is 0 Å². The lowest BCUT2D eigenvalue weighted by Gasteiger charge is -1.99. The Bertz CT molecular complexity index is 666. The Hall–Kier alpha value is -1.91. The van der Waals surface area contributed by atoms with Crippen LogP contribution in [0.4, 0.5) is 0 Å². The minimum Gasteiger partial charge on any atom is -0.267 e. The monoisotopic (exact) mass is 362 g/mol. The summed E-state index contributed by atoms with van der Waals surface area (Å²) in [5, 5.41) is 4.26. The van der Waals surface area contributed by atoms with Crippen molar-refractivity contribution in [1.29, 1.82) is 0 Å². The summed E-state index contributed by atoms with van der Waals surface area (Å²) in [7, 11) is 0. The summed E-state index contributed by atoms with van der Waals surface area (Å²) in [6, 6.07) is 16.6. The Morgan fingerprint density at radius 2 is 1.76 bits per heavy atom. The molecule has 0 atom stereocenters. The first-order chi connectivity index (χ1) is 10.1. The van der Waals surface area contributed by atoms with Crippen molar-refractivity contribution >= 4 is 45.7 Å². The lowest BCUT2D eigenvalue weighted by atomic mass is 10.2. The van der Waals surface area contributed by atoms with Crippen LogP contribution in [0.15, 0.2) is 69.2 Å². The molecule has 0 saturated heterocycles. The lowest BCUT2D eigenvalue weighted by molar-refractivity contribution is 0.0955. The summed E-state index contributed by atoms with van der Waals surface area (Å²) >= 11 is 9.33. The van der Waals surface area contributed by atoms with Gasteiger partial charge in [-0.2, -0.15) is 5.10 Å². The molecule has 0 fully saturated rings. The minimum absolute atomic E-state index is 0.289. The van der Waals surface area contributed by atoms with E-state index in [0.717, 1.165) is 10.0 Å². The van der Waals surface area contributed by atoms with Crippen LogP contribution in [0.2, 0.25) is 0 Å². The lowest BCUT2D eigenvalue weighted by Crippen LogP contribution is -2.17. The van der Waals surface area contributed by atoms with Crippen LogP contribution in [0, 0.1) is 0 Å². The fraction of sp³-hybridized carbons (Fsp3) is 0. The van der Waals surface area contributed by atoms with Gasteiger partial charge in [0.2, 0.25) is 0 Å². The van der Waals surface area contributed by atoms with E-state index in [0.29, 0.717) is 10.6 Å². The number of nitrogens with one attached hydrogen (secondary N) is 1. The van der Waals surface area contributed by atoms with Crippen LogP contribution in [-0.2, 0) is 0 Å². The Balaban J connectivity index is 1.94. The van der Waals surface area contributed by atoms with Crippen molar-refractivity contribution in [3.63, 3.8) is 0 Å². The molecule has 21 heavy (non-hydrogen) atoms. The van der Waals surface area contributed by atoms with Crippen LogP contribution >= 0.6 is 27.5 Å². The zero-order valence-electron chi connectivity index (χ0n) is 11.0. The molecule has 3 nitrogen and oxygen atoms in total. The second-order valence-electron chi connectivity index (χ2n) is 4.15. The number of rotatable bonds is 4. The number of hydrazone groups is 1. The van der Waals surface area contributed by atoms with Crippen LogP contribution in [-0.4, -0.2) is 12.1 Å². The van der Waals surface area contributed by atoms with Crippen molar-refractivity contribution in [3.05, 3.63) is 75.2 Å². The zero-order chi connectivity index (χ0) is 15.1. The van der Waals surface area contributed by atoms with Crippen molar-refractivity contribution in [3.8, 4) is 0 Å². The number of carbonyl (C=O) groups excluding carboxylic acids is 1. The number of allylic oxidation sites excluding steroid dienone is 1. The molecule has 0 spiro atoms. The van der Waals surface area contributed by atoms with Gasteiger partial charge >= 0.3 is 0 Å². The highest BCUT2D eigenvalue weighted by molar-refractivity contribution is 9.10. The van der Waals surface area contributed by atoms with E-state index < -0.39 is 0 Å². The molecular formula is C16H12BrClN2O. The minimum atomic E-state index is -0.289. The summed E-state index contributed by atoms with van der Waals surface area (Å²) < 4.78 is 0.913. The van der Waals surface area contributed by atoms with Gasteiger partial charge in [-0.1, -0.05) is 57.9 Å². The standard InChI is InChI=1S/C16H12BrClN2O/c17-14-8-6-13(7-9-14)16(21)20-19-11-15(18)10-12-4-2-1-3-5-12/h1-11H,(H,20,21)/b15-10-,19-11+. The molecule has 0 aliphatic rings. The van der Waals surface area contributed by atoms with E-state index in [-0.39, 0.29) is 5.91 Å². The van der Waals surface area contributed by atoms with E-state index in [1.54, 1.807) is 30.3 Å². The molecule has 2 rings (SSSR count). The molecule has 106 valence electrons. The van der Waals surface area contributed by atoms with Gasteiger partial charge in [0.1, 0.15) is 0 Å². The van der Waals surface area contributed by atoms with Gasteiger partial charge in [-0.25, -0.2) is 5.43 Å². The molecule has 1 amide bonds. The topological polar surface area (TPSA) is 41.5 Å². The predicted octanol–water partition coefficient (Wildman–Crippen LogP) is 4.44. The number of halogens is 2. The molecule has 5 heteroatoms. The van der Waals surface area contributed by atoms with E-state index in [2.05, 4.69) is 26.5 Å². The number of hydrogen-bond acceptors (Lipinski definition) is 2. The largest absolute Gasteiger partial charge is 0.271 e. The van der Waals surface area contributed by atoms with Gasteiger partial charge in [-0.3, -0.25) is 4.79 Å². The highest BCUT2D eigenvalue weighted by atomic mass is 79.9. The normalized spacial score (nSPS) is 11.6. The molecule has 0 aliphatic heterocycles. The SMILES string of the molecule is O=C(N/N=C/C(Cl)=C/c1ccccc1)c1ccc(Br)cc1. The number of benzene rings is 2. The molecule has 0 radical (unpaired) electrons. The molecular weight excluding hydrogens is 352 g/mol. The second-order valence-corrected chi connectivity index (χ2v) is 5.50. The average Bonchev–Trinajstić information content (AvgIpc) is 2.49. The first kappa shape index (κ1) is 15.5. The average molecular weight is 364 g/mol. The molecule has 0 aliphatic carbocycles. The maximum absolute atomic E-state index is 11.8. The van der Waals surface area contributed by atoms with E-state index in [9.17, 15) is 4.79 Å². The third-order valence-corrected chi connectivity index (χ3v) is 3.30. The van der Waals surface area contributed by atoms with Crippen LogP contribution in [0.25, 0.3) is 6.08 Å². The molecule has 0 unspecified atom stereocenters. The van der Waals surface area contributed by atoms with Crippen LogP contribution in [0.3, 0.4) is 0 Å². The smallest absolute Gasteiger partial charge is 0.267 e. The summed E-state index contributed by atoms with van der Waals surface area (Å²) in [4.78, 5) is 11.8. The molecule has 0 saturated carbocycles. The van der Waals surface area contributed by atoms with Gasteiger partial charge in [0.25, 0.3) is 5.91 Å². The number of carbonyl (C=O) groups is 1. The van der Waals surface area contributed by atoms with Gasteiger partial charge in [-0.15, -0.1) is 0 Å². The molecule has 0 aromatic heterocycles. The van der Waals surface area contributed by atoms with Crippen molar-refractivity contribution < 1.29 is 4.79 Å². The third-order valence-electron chi connectivity index (χ3n) is 2.56. The summed E-state index contributed by atoms with van der Waals surface area (Å²) in [6.45, 7) is 0. The van der Waals surface area contributed by atoms with E-state index >= 15 is 0 Å². The molecule has 1 N–H and O–H groups in total. The highest BCUT2D eigenvalue weighted by Crippen LogP contribution is 2.10. The van der Waals surface area contributed by atoms with E-state index in [1.165, 1.54) is 6.21 Å². The summed E-state index contributed by atoms with van der Waals surface area (Å²) in [6.07, 6.45) is 3.15. The number of hydrogen-bond donors (Lipinski definition) is 1. The predicted molar refractivity (Wildman–Crippen MR) is 90.4 cm³/mol. The van der Waals surface area contributed by atoms with Crippen molar-refractivity contribution in [2.45, 2.75) is 0 Å². The van der Waals surface area contributed by atoms with Crippen molar-refractivity contribution in [1.82, 2.24) is 5.43 Å². The molecule has 2 aromatic carbocycles. The number of amides is 1. The van der Waals surface area contributed by atoms with Gasteiger partial charge < -0.3 is 0 Å². The Kier molecular flexibility index (Phi) is 5.72. The second kappa shape index (κ2) is 7.76. The van der Waals surface area contributed by atoms with Crippen LogP contribution in [0.1, 0.15) is 15.9 Å². The Labute approximate surface area is 136 Å². The first-order valence-electron chi connectivity index (χ1n) is 6.16. The summed E-state index contributed by atoms with van der Waals surface area (Å²) in [5.41, 5.74) is 3.92. The summed E-state index contributed by atoms with van der Waals surface area (Å²) in [5.74, 6) is -0.289. The maximum Gasteiger partial charge on any atom is 0.271 e. The highest BCUT2D eigenvalue weighted by Gasteiger charge is 2.02. The molecule has 0 bridgehead atoms. The Morgan fingerprint density at radius 3 is 2.43 bits per heavy atom. The van der Waals surface area contributed by atoms with Crippen molar-refractivity contribution in [2.24, 2.45) is 5.10 Å². The fourth-order valence-corrected chi connectivity index (χ4v) is 2.00. The van der Waals surface area contributed by atoms with E-state index in [4.69, 9.17) is 11.6 Å². The van der Waals surface area contributed by atoms with Crippen LogP contribution < -0.4 is 5.43 Å². The van der Waals surface area contributed by atoms with Crippen molar-refractivity contribution in [2.75, 3.05) is 0 Å². The van der Waals surface area contributed by atoms with E-state index in [1.807, 2.05) is 30.3 Å². The van der Waals surface area contributed by atoms with Gasteiger partial charge in [-0.05, 0) is 35.9 Å². The third kappa shape index (κ3) is 5.17. The quantitative estimate of drug-likeness (QED) is 0.633. The molecule has 0 heterocycles. The maximum atomic E-state index is 11.8.